The average molecular weight is 1110 g/mol. The Morgan fingerprint density at radius 2 is 0.893 bits per heavy atom. The minimum absolute atomic E-state index is 0.495. The summed E-state index contributed by atoms with van der Waals surface area (Å²) in [4.78, 5) is 25.4. The summed E-state index contributed by atoms with van der Waals surface area (Å²) in [7, 11) is 0. The van der Waals surface area contributed by atoms with Gasteiger partial charge in [0.15, 0.2) is 37.7 Å². The minimum Gasteiger partial charge on any atom is -0.394 e. The highest BCUT2D eigenvalue weighted by atomic mass is 16.8. The minimum atomic E-state index is -2.08. The maximum Gasteiger partial charge on any atom is 0.217 e. The summed E-state index contributed by atoms with van der Waals surface area (Å²) in [6, 6.07) is -2.85. The van der Waals surface area contributed by atoms with Gasteiger partial charge in [-0.2, -0.15) is 0 Å². The van der Waals surface area contributed by atoms with Crippen molar-refractivity contribution in [1.29, 1.82) is 0 Å². The first-order chi connectivity index (χ1) is 35.9. The van der Waals surface area contributed by atoms with Crippen molar-refractivity contribution < 1.29 is 148 Å². The maximum absolute atomic E-state index is 12.9. The second-order valence-corrected chi connectivity index (χ2v) is 17.5. The molecule has 20 atom stereocenters. The van der Waals surface area contributed by atoms with E-state index in [4.69, 9.17) is 61.6 Å². The topological polar surface area (TPSA) is 482 Å². The first kappa shape index (κ1) is 67.1. The summed E-state index contributed by atoms with van der Waals surface area (Å²) in [5.74, 6) is -1.38. The van der Waals surface area contributed by atoms with Gasteiger partial charge >= 0.3 is 0 Å². The number of amides is 2. The molecule has 0 aliphatic carbocycles. The van der Waals surface area contributed by atoms with E-state index >= 15 is 0 Å². The third-order valence-electron chi connectivity index (χ3n) is 11.8. The molecule has 442 valence electrons. The number of nitrogens with one attached hydrogen (secondary N) is 2. The van der Waals surface area contributed by atoms with Crippen LogP contribution in [0.3, 0.4) is 0 Å². The quantitative estimate of drug-likeness (QED) is 0.0259. The van der Waals surface area contributed by atoms with E-state index in [1.165, 1.54) is 20.8 Å². The van der Waals surface area contributed by atoms with Crippen LogP contribution in [-0.4, -0.2) is 322 Å². The molecule has 75 heavy (non-hydrogen) atoms. The van der Waals surface area contributed by atoms with Gasteiger partial charge in [0.2, 0.25) is 11.8 Å². The Hall–Kier alpha value is -2.18. The number of rotatable bonds is 36. The van der Waals surface area contributed by atoms with Crippen LogP contribution in [0.2, 0.25) is 0 Å². The molecule has 0 spiro atoms. The predicted octanol–water partition coefficient (Wildman–Crippen LogP) is -10.3. The predicted molar refractivity (Wildman–Crippen MR) is 242 cm³/mol. The zero-order valence-corrected chi connectivity index (χ0v) is 42.0. The lowest BCUT2D eigenvalue weighted by Crippen LogP contribution is -2.70. The summed E-state index contributed by atoms with van der Waals surface area (Å²) < 4.78 is 76.9. The van der Waals surface area contributed by atoms with Gasteiger partial charge in [0.05, 0.1) is 111 Å². The van der Waals surface area contributed by atoms with Crippen molar-refractivity contribution >= 4 is 11.8 Å². The van der Waals surface area contributed by atoms with E-state index in [0.717, 1.165) is 6.92 Å². The van der Waals surface area contributed by atoms with Crippen LogP contribution in [0.15, 0.2) is 0 Å². The Bertz CT molecular complexity index is 1560. The standard InChI is InChI=1S/C43H80N2O30/c1-19(5-46)64-30(15-56)71-39-33(44-21(3)59)20(2)65-27(13-54)38(39)75-42-34(45-22(4)60)36(62)37(26(12-53)69-42)74-43-41(73-32(17-58)68-25(10-51)11-52)40(72-31(16-57)67-24(8-49)9-50)35(61)28(70-43)18-63-29(14-55)66-23(6-47)7-48/h19-20,23-43,46-58,61-62H,5-18H2,1-4H3,(H,44,59)(H,45,60)/t19-,20?,26+,27+,28+,29-,30-,31+,32-,33-,34+,35+,36+,37+,38+,39+,40-,41-,42-,43-/m0/s1. The van der Waals surface area contributed by atoms with Crippen LogP contribution >= 0.6 is 0 Å². The number of ether oxygens (including phenoxy) is 13. The molecule has 3 aliphatic heterocycles. The second-order valence-electron chi connectivity index (χ2n) is 17.5. The van der Waals surface area contributed by atoms with E-state index in [1.807, 2.05) is 0 Å². The van der Waals surface area contributed by atoms with Gasteiger partial charge in [-0.25, -0.2) is 0 Å². The molecule has 3 rings (SSSR count). The molecular formula is C43H80N2O30. The lowest BCUT2D eigenvalue weighted by Gasteiger charge is -2.51. The van der Waals surface area contributed by atoms with Crippen molar-refractivity contribution in [3.63, 3.8) is 0 Å². The van der Waals surface area contributed by atoms with E-state index < -0.39 is 246 Å². The highest BCUT2D eigenvalue weighted by Gasteiger charge is 2.56. The Kier molecular flexibility index (Phi) is 31.1. The Morgan fingerprint density at radius 3 is 1.36 bits per heavy atom. The van der Waals surface area contributed by atoms with Crippen LogP contribution in [0, 0.1) is 0 Å². The monoisotopic (exact) mass is 1100 g/mol. The number of hydrogen-bond acceptors (Lipinski definition) is 30. The van der Waals surface area contributed by atoms with Gasteiger partial charge in [0, 0.05) is 13.8 Å². The molecule has 3 heterocycles. The molecule has 1 unspecified atom stereocenters. The van der Waals surface area contributed by atoms with Gasteiger partial charge in [0.1, 0.15) is 85.4 Å². The smallest absolute Gasteiger partial charge is 0.217 e. The molecule has 0 radical (unpaired) electrons. The van der Waals surface area contributed by atoms with E-state index in [-0.39, 0.29) is 0 Å². The fourth-order valence-electron chi connectivity index (χ4n) is 8.11. The number of carbonyl (C=O) groups is 2. The lowest BCUT2D eigenvalue weighted by atomic mass is 9.92. The van der Waals surface area contributed by atoms with E-state index in [1.54, 1.807) is 0 Å². The molecule has 2 amide bonds. The molecule has 0 aromatic rings. The van der Waals surface area contributed by atoms with Crippen LogP contribution < -0.4 is 10.6 Å². The van der Waals surface area contributed by atoms with Crippen molar-refractivity contribution in [2.75, 3.05) is 92.5 Å². The third-order valence-corrected chi connectivity index (χ3v) is 11.8. The highest BCUT2D eigenvalue weighted by Crippen LogP contribution is 2.36. The summed E-state index contributed by atoms with van der Waals surface area (Å²) in [6.45, 7) is -6.25. The molecule has 0 aromatic carbocycles. The van der Waals surface area contributed by atoms with E-state index in [2.05, 4.69) is 10.6 Å². The normalized spacial score (nSPS) is 32.6. The van der Waals surface area contributed by atoms with Gasteiger partial charge in [0.25, 0.3) is 0 Å². The molecule has 3 fully saturated rings. The van der Waals surface area contributed by atoms with Crippen LogP contribution in [0.1, 0.15) is 27.7 Å². The molecule has 0 aromatic heterocycles. The van der Waals surface area contributed by atoms with Gasteiger partial charge < -0.3 is 149 Å². The largest absolute Gasteiger partial charge is 0.394 e. The zero-order valence-electron chi connectivity index (χ0n) is 42.0. The fraction of sp³-hybridized carbons (Fsp3) is 0.953. The van der Waals surface area contributed by atoms with Crippen molar-refractivity contribution in [1.82, 2.24) is 10.6 Å². The second kappa shape index (κ2) is 34.7. The van der Waals surface area contributed by atoms with Crippen LogP contribution in [0.25, 0.3) is 0 Å². The van der Waals surface area contributed by atoms with Gasteiger partial charge in [-0.1, -0.05) is 0 Å². The van der Waals surface area contributed by atoms with Crippen molar-refractivity contribution in [2.45, 2.75) is 169 Å². The Labute approximate surface area is 431 Å². The van der Waals surface area contributed by atoms with Gasteiger partial charge in [-0.05, 0) is 13.8 Å². The van der Waals surface area contributed by atoms with Crippen LogP contribution in [0.4, 0.5) is 0 Å². The Balaban J connectivity index is 2.20. The molecule has 0 saturated carbocycles. The van der Waals surface area contributed by atoms with Crippen LogP contribution in [-0.2, 0) is 71.2 Å². The fourth-order valence-corrected chi connectivity index (χ4v) is 8.11. The molecule has 17 N–H and O–H groups in total. The number of carbonyl (C=O) groups excluding carboxylic acids is 2. The third kappa shape index (κ3) is 19.8. The van der Waals surface area contributed by atoms with E-state index in [9.17, 15) is 86.2 Å². The average Bonchev–Trinajstić information content (AvgIpc) is 3.40. The summed E-state index contributed by atoms with van der Waals surface area (Å²) >= 11 is 0. The zero-order chi connectivity index (χ0) is 55.9. The van der Waals surface area contributed by atoms with Crippen molar-refractivity contribution in [2.24, 2.45) is 0 Å². The molecule has 32 heteroatoms. The lowest BCUT2D eigenvalue weighted by molar-refractivity contribution is -0.389. The van der Waals surface area contributed by atoms with Gasteiger partial charge in [-0.3, -0.25) is 9.59 Å². The van der Waals surface area contributed by atoms with Crippen molar-refractivity contribution in [3.05, 3.63) is 0 Å². The molecule has 3 aliphatic rings. The first-order valence-corrected chi connectivity index (χ1v) is 24.2. The van der Waals surface area contributed by atoms with Crippen LogP contribution in [0.5, 0.6) is 0 Å². The maximum atomic E-state index is 12.9. The SMILES string of the molecule is CC(=O)N[C@H]1[C@H](O[C@H]2[C@H](O[C@@H](CO)O[C@@H](C)CO)[C@@H](NC(C)=O)C(C)O[C@@H]2CO)O[C@H](CO)[C@@H](O[C@@H]2O[C@H](CO[C@H](CO)OC(CO)CO)[C@@H](O)[C@H](O[C@H](CO)OC(CO)CO)[C@@H]2O[C@@H](CO)OC(CO)CO)[C@@H]1O. The number of aliphatic hydroxyl groups is 15. The number of hydrogen-bond donors (Lipinski definition) is 17. The van der Waals surface area contributed by atoms with Crippen molar-refractivity contribution in [3.8, 4) is 0 Å². The molecular weight excluding hydrogens is 1020 g/mol. The Morgan fingerprint density at radius 1 is 0.467 bits per heavy atom. The molecule has 0 bridgehead atoms. The summed E-state index contributed by atoms with van der Waals surface area (Å²) in [6.07, 6.45) is -34.1. The highest BCUT2D eigenvalue weighted by molar-refractivity contribution is 5.73. The number of aliphatic hydroxyl groups excluding tert-OH is 15. The molecule has 32 nitrogen and oxygen atoms in total. The van der Waals surface area contributed by atoms with Gasteiger partial charge in [-0.15, -0.1) is 0 Å². The summed E-state index contributed by atoms with van der Waals surface area (Å²) in [5.41, 5.74) is 0. The molecule has 3 saturated heterocycles. The first-order valence-electron chi connectivity index (χ1n) is 24.2. The summed E-state index contributed by atoms with van der Waals surface area (Å²) in [5, 5.41) is 160. The van der Waals surface area contributed by atoms with E-state index in [0.29, 0.717) is 0 Å².